The zero-order valence-corrected chi connectivity index (χ0v) is 14.1. The van der Waals surface area contributed by atoms with E-state index in [1.807, 2.05) is 0 Å². The Bertz CT molecular complexity index is 595. The van der Waals surface area contributed by atoms with E-state index in [4.69, 9.17) is 4.74 Å². The van der Waals surface area contributed by atoms with Gasteiger partial charge in [-0.25, -0.2) is 0 Å². The second kappa shape index (κ2) is 4.74. The lowest BCUT2D eigenvalue weighted by Gasteiger charge is -2.57. The molecule has 0 unspecified atom stereocenters. The van der Waals surface area contributed by atoms with Gasteiger partial charge < -0.3 is 9.84 Å². The van der Waals surface area contributed by atoms with Crippen molar-refractivity contribution in [2.45, 2.75) is 64.4 Å². The number of benzene rings is 1. The molecule has 3 aliphatic rings. The van der Waals surface area contributed by atoms with Gasteiger partial charge in [0.2, 0.25) is 0 Å². The Morgan fingerprint density at radius 2 is 1.91 bits per heavy atom. The average Bonchev–Trinajstić information content (AvgIpc) is 2.83. The van der Waals surface area contributed by atoms with Gasteiger partial charge in [0.25, 0.3) is 0 Å². The summed E-state index contributed by atoms with van der Waals surface area (Å²) in [5, 5.41) is 10.5. The summed E-state index contributed by atoms with van der Waals surface area (Å²) in [6.45, 7) is 4.85. The molecular weight excluding hydrogens is 272 g/mol. The third kappa shape index (κ3) is 1.76. The summed E-state index contributed by atoms with van der Waals surface area (Å²) in [6, 6.07) is 6.68. The van der Waals surface area contributed by atoms with Crippen LogP contribution in [0.2, 0.25) is 0 Å². The Morgan fingerprint density at radius 1 is 1.09 bits per heavy atom. The molecule has 2 fully saturated rings. The quantitative estimate of drug-likeness (QED) is 0.838. The maximum absolute atomic E-state index is 10.5. The summed E-state index contributed by atoms with van der Waals surface area (Å²) in [5.74, 6) is 2.31. The van der Waals surface area contributed by atoms with E-state index in [0.29, 0.717) is 17.3 Å². The fourth-order valence-corrected chi connectivity index (χ4v) is 6.20. The lowest BCUT2D eigenvalue weighted by molar-refractivity contribution is -0.0666. The third-order valence-electron chi connectivity index (χ3n) is 7.51. The fraction of sp³-hybridized carbons (Fsp3) is 0.700. The molecule has 5 atom stereocenters. The maximum atomic E-state index is 10.5. The maximum Gasteiger partial charge on any atom is 0.119 e. The van der Waals surface area contributed by atoms with E-state index in [9.17, 15) is 5.11 Å². The van der Waals surface area contributed by atoms with E-state index < -0.39 is 0 Å². The van der Waals surface area contributed by atoms with Crippen LogP contribution in [0, 0.1) is 16.7 Å². The number of fused-ring (bicyclic) bond motifs is 5. The first-order chi connectivity index (χ1) is 10.5. The van der Waals surface area contributed by atoms with E-state index in [1.165, 1.54) is 31.2 Å². The molecule has 0 aromatic heterocycles. The van der Waals surface area contributed by atoms with Gasteiger partial charge in [-0.3, -0.25) is 0 Å². The third-order valence-corrected chi connectivity index (χ3v) is 7.51. The van der Waals surface area contributed by atoms with Crippen molar-refractivity contribution in [1.82, 2.24) is 0 Å². The summed E-state index contributed by atoms with van der Waals surface area (Å²) in [6.07, 6.45) is 6.92. The highest BCUT2D eigenvalue weighted by atomic mass is 16.5. The molecule has 120 valence electrons. The number of aliphatic hydroxyl groups is 1. The Labute approximate surface area is 133 Å². The molecule has 1 aromatic rings. The second-order valence-corrected chi connectivity index (χ2v) is 8.31. The van der Waals surface area contributed by atoms with Crippen molar-refractivity contribution in [3.8, 4) is 5.75 Å². The van der Waals surface area contributed by atoms with Gasteiger partial charge >= 0.3 is 0 Å². The van der Waals surface area contributed by atoms with Gasteiger partial charge in [-0.1, -0.05) is 19.9 Å². The minimum atomic E-state index is -0.0902. The summed E-state index contributed by atoms with van der Waals surface area (Å²) >= 11 is 0. The first-order valence-corrected chi connectivity index (χ1v) is 8.84. The van der Waals surface area contributed by atoms with Crippen molar-refractivity contribution in [3.05, 3.63) is 29.3 Å². The largest absolute Gasteiger partial charge is 0.497 e. The molecule has 0 radical (unpaired) electrons. The van der Waals surface area contributed by atoms with E-state index >= 15 is 0 Å². The van der Waals surface area contributed by atoms with Crippen LogP contribution in [0.15, 0.2) is 18.2 Å². The smallest absolute Gasteiger partial charge is 0.119 e. The highest BCUT2D eigenvalue weighted by molar-refractivity contribution is 5.41. The van der Waals surface area contributed by atoms with Gasteiger partial charge in [0.1, 0.15) is 5.75 Å². The predicted octanol–water partition coefficient (Wildman–Crippen LogP) is 4.30. The molecule has 1 aromatic carbocycles. The molecule has 0 aliphatic heterocycles. The molecule has 3 aliphatic carbocycles. The van der Waals surface area contributed by atoms with Crippen molar-refractivity contribution >= 4 is 0 Å². The topological polar surface area (TPSA) is 29.5 Å². The van der Waals surface area contributed by atoms with Crippen LogP contribution < -0.4 is 4.74 Å². The van der Waals surface area contributed by atoms with E-state index in [2.05, 4.69) is 32.0 Å². The van der Waals surface area contributed by atoms with Crippen LogP contribution in [0.4, 0.5) is 0 Å². The number of aliphatic hydroxyl groups excluding tert-OH is 1. The van der Waals surface area contributed by atoms with Gasteiger partial charge in [0.05, 0.1) is 13.2 Å². The molecule has 0 heterocycles. The molecule has 0 amide bonds. The zero-order chi connectivity index (χ0) is 15.5. The van der Waals surface area contributed by atoms with E-state index in [0.717, 1.165) is 18.6 Å². The van der Waals surface area contributed by atoms with Crippen molar-refractivity contribution in [2.24, 2.45) is 16.7 Å². The normalized spacial score (nSPS) is 43.2. The molecule has 0 spiro atoms. The zero-order valence-electron chi connectivity index (χ0n) is 14.1. The minimum absolute atomic E-state index is 0.0902. The highest BCUT2D eigenvalue weighted by Crippen LogP contribution is 2.66. The lowest BCUT2D eigenvalue weighted by atomic mass is 9.48. The number of hydrogen-bond acceptors (Lipinski definition) is 2. The molecule has 1 N–H and O–H groups in total. The second-order valence-electron chi connectivity index (χ2n) is 8.31. The van der Waals surface area contributed by atoms with Crippen LogP contribution in [0.5, 0.6) is 5.75 Å². The van der Waals surface area contributed by atoms with Crippen LogP contribution in [0.3, 0.4) is 0 Å². The van der Waals surface area contributed by atoms with Crippen LogP contribution in [-0.4, -0.2) is 18.3 Å². The first-order valence-electron chi connectivity index (χ1n) is 8.84. The molecular formula is C20H28O2. The summed E-state index contributed by atoms with van der Waals surface area (Å²) < 4.78 is 5.41. The fourth-order valence-electron chi connectivity index (χ4n) is 6.20. The summed E-state index contributed by atoms with van der Waals surface area (Å²) in [5.41, 5.74) is 3.54. The molecule has 0 saturated heterocycles. The Hall–Kier alpha value is -1.02. The van der Waals surface area contributed by atoms with Gasteiger partial charge in [-0.2, -0.15) is 0 Å². The monoisotopic (exact) mass is 300 g/mol. The van der Waals surface area contributed by atoms with Gasteiger partial charge in [-0.15, -0.1) is 0 Å². The average molecular weight is 300 g/mol. The first kappa shape index (κ1) is 14.6. The molecule has 0 bridgehead atoms. The summed E-state index contributed by atoms with van der Waals surface area (Å²) in [4.78, 5) is 0. The van der Waals surface area contributed by atoms with Gasteiger partial charge in [0, 0.05) is 0 Å². The number of aryl methyl sites for hydroxylation is 1. The SMILES string of the molecule is COc1ccc2c(c1)CC[C@@]1(C)[C@@H]3CC[C@H](O)[C@@]3(C)CC[C@H]21. The minimum Gasteiger partial charge on any atom is -0.497 e. The van der Waals surface area contributed by atoms with Gasteiger partial charge in [-0.05, 0) is 84.5 Å². The highest BCUT2D eigenvalue weighted by Gasteiger charge is 2.59. The molecule has 22 heavy (non-hydrogen) atoms. The van der Waals surface area contributed by atoms with Crippen LogP contribution in [-0.2, 0) is 6.42 Å². The van der Waals surface area contributed by atoms with Crippen molar-refractivity contribution in [2.75, 3.05) is 7.11 Å². The van der Waals surface area contributed by atoms with E-state index in [1.54, 1.807) is 12.7 Å². The van der Waals surface area contributed by atoms with Gasteiger partial charge in [0.15, 0.2) is 0 Å². The molecule has 4 rings (SSSR count). The number of ether oxygens (including phenoxy) is 1. The van der Waals surface area contributed by atoms with Crippen molar-refractivity contribution in [3.63, 3.8) is 0 Å². The standard InChI is InChI=1S/C20H28O2/c1-19-10-8-13-12-14(22-3)4-5-15(13)16(19)9-11-20(2)17(19)6-7-18(20)21/h4-5,12,16-18,21H,6-11H2,1-3H3/t16-,17+,18+,19-,20+/m1/s1. The van der Waals surface area contributed by atoms with E-state index in [-0.39, 0.29) is 11.5 Å². The number of methoxy groups -OCH3 is 1. The van der Waals surface area contributed by atoms with Crippen LogP contribution in [0.25, 0.3) is 0 Å². The number of rotatable bonds is 1. The molecule has 2 nitrogen and oxygen atoms in total. The van der Waals surface area contributed by atoms with Crippen molar-refractivity contribution < 1.29 is 9.84 Å². The Morgan fingerprint density at radius 3 is 2.68 bits per heavy atom. The summed E-state index contributed by atoms with van der Waals surface area (Å²) in [7, 11) is 1.75. The lowest BCUT2D eigenvalue weighted by Crippen LogP contribution is -2.50. The predicted molar refractivity (Wildman–Crippen MR) is 88.2 cm³/mol. The van der Waals surface area contributed by atoms with Crippen LogP contribution in [0.1, 0.15) is 63.0 Å². The number of hydrogen-bond donors (Lipinski definition) is 1. The van der Waals surface area contributed by atoms with Crippen LogP contribution >= 0.6 is 0 Å². The Balaban J connectivity index is 1.75. The van der Waals surface area contributed by atoms with Crippen molar-refractivity contribution in [1.29, 1.82) is 0 Å². The molecule has 2 heteroatoms. The molecule has 2 saturated carbocycles. The Kier molecular flexibility index (Phi) is 3.14.